The van der Waals surface area contributed by atoms with Gasteiger partial charge in [0, 0.05) is 53.4 Å². The lowest BCUT2D eigenvalue weighted by atomic mass is 9.99. The molecule has 0 bridgehead atoms. The summed E-state index contributed by atoms with van der Waals surface area (Å²) in [5.74, 6) is 0.684. The molecule has 0 unspecified atom stereocenters. The maximum absolute atomic E-state index is 5.62. The molecular weight excluding hydrogens is 665 g/mol. The van der Waals surface area contributed by atoms with E-state index in [1.165, 1.54) is 80.5 Å². The van der Waals surface area contributed by atoms with Crippen LogP contribution in [0.25, 0.3) is 119 Å². The van der Waals surface area contributed by atoms with E-state index in [9.17, 15) is 0 Å². The van der Waals surface area contributed by atoms with E-state index in [2.05, 4.69) is 167 Å². The number of nitrogens with zero attached hydrogens (tertiary/aromatic N) is 4. The van der Waals surface area contributed by atoms with Crippen molar-refractivity contribution in [1.29, 1.82) is 0 Å². The SMILES string of the molecule is c1ccc2cc(-c3nc(-n4c5ccc6ccccc6c5c5c6c7ccccc7n7c8ccccc8c(cc54)c67)nc4sc5ccccc5c34)ccc2c1. The van der Waals surface area contributed by atoms with Crippen molar-refractivity contribution in [1.82, 2.24) is 18.9 Å². The van der Waals surface area contributed by atoms with Gasteiger partial charge in [0.25, 0.3) is 0 Å². The van der Waals surface area contributed by atoms with Gasteiger partial charge in [0.15, 0.2) is 0 Å². The van der Waals surface area contributed by atoms with Crippen molar-refractivity contribution in [3.63, 3.8) is 0 Å². The van der Waals surface area contributed by atoms with Crippen molar-refractivity contribution in [2.45, 2.75) is 0 Å². The zero-order valence-corrected chi connectivity index (χ0v) is 29.0. The van der Waals surface area contributed by atoms with Crippen LogP contribution in [0.5, 0.6) is 0 Å². The van der Waals surface area contributed by atoms with Gasteiger partial charge >= 0.3 is 0 Å². The van der Waals surface area contributed by atoms with E-state index in [0.29, 0.717) is 5.95 Å². The van der Waals surface area contributed by atoms with Gasteiger partial charge in [-0.05, 0) is 57.9 Å². The largest absolute Gasteiger partial charge is 0.308 e. The number of thiophene rings is 1. The Balaban J connectivity index is 1.26. The summed E-state index contributed by atoms with van der Waals surface area (Å²) in [7, 11) is 0. The molecule has 0 aliphatic heterocycles. The first-order valence-corrected chi connectivity index (χ1v) is 18.8. The third-order valence-corrected chi connectivity index (χ3v) is 12.5. The van der Waals surface area contributed by atoms with Crippen molar-refractivity contribution >= 4 is 113 Å². The van der Waals surface area contributed by atoms with Crippen LogP contribution in [-0.2, 0) is 0 Å². The van der Waals surface area contributed by atoms with Gasteiger partial charge in [-0.2, -0.15) is 0 Å². The van der Waals surface area contributed by atoms with Crippen LogP contribution in [0.4, 0.5) is 0 Å². The van der Waals surface area contributed by atoms with Crippen molar-refractivity contribution < 1.29 is 0 Å². The highest BCUT2D eigenvalue weighted by molar-refractivity contribution is 7.25. The summed E-state index contributed by atoms with van der Waals surface area (Å²) in [6.07, 6.45) is 0. The lowest BCUT2D eigenvalue weighted by molar-refractivity contribution is 1.02. The van der Waals surface area contributed by atoms with E-state index in [0.717, 1.165) is 32.5 Å². The average Bonchev–Trinajstić information content (AvgIpc) is 3.95. The molecule has 244 valence electrons. The zero-order valence-electron chi connectivity index (χ0n) is 28.2. The topological polar surface area (TPSA) is 35.1 Å². The van der Waals surface area contributed by atoms with Crippen LogP contribution in [0, 0.1) is 0 Å². The van der Waals surface area contributed by atoms with Gasteiger partial charge in [0.2, 0.25) is 5.95 Å². The number of fused-ring (bicyclic) bond motifs is 16. The van der Waals surface area contributed by atoms with Gasteiger partial charge in [-0.3, -0.25) is 4.57 Å². The van der Waals surface area contributed by atoms with E-state index in [-0.39, 0.29) is 0 Å². The smallest absolute Gasteiger partial charge is 0.236 e. The van der Waals surface area contributed by atoms with Crippen LogP contribution >= 0.6 is 11.3 Å². The van der Waals surface area contributed by atoms with Crippen molar-refractivity contribution in [2.24, 2.45) is 0 Å². The second-order valence-electron chi connectivity index (χ2n) is 14.1. The molecule has 0 aliphatic rings. The van der Waals surface area contributed by atoms with E-state index >= 15 is 0 Å². The lowest BCUT2D eigenvalue weighted by Gasteiger charge is -2.11. The van der Waals surface area contributed by atoms with Crippen LogP contribution in [0.2, 0.25) is 0 Å². The Labute approximate surface area is 305 Å². The second-order valence-corrected chi connectivity index (χ2v) is 15.2. The van der Waals surface area contributed by atoms with E-state index in [1.54, 1.807) is 11.3 Å². The molecule has 0 saturated carbocycles. The molecule has 0 aliphatic carbocycles. The fourth-order valence-corrected chi connectivity index (χ4v) is 10.3. The quantitative estimate of drug-likeness (QED) is 0.181. The lowest BCUT2D eigenvalue weighted by Crippen LogP contribution is -2.02. The average molecular weight is 691 g/mol. The van der Waals surface area contributed by atoms with Crippen molar-refractivity contribution in [2.75, 3.05) is 0 Å². The molecule has 53 heavy (non-hydrogen) atoms. The molecule has 0 saturated heterocycles. The Morgan fingerprint density at radius 3 is 1.96 bits per heavy atom. The standard InChI is InChI=1S/C48H26N4S/c1-2-13-29-25-30(22-21-27(29)11-1)45-43-34-17-7-10-20-40(34)53-47(43)50-48(49-45)52-38-24-23-28-12-3-4-14-31(28)41(38)44-39(52)26-35-32-15-5-8-18-36(32)51-37-19-9-6-16-33(37)42(44)46(35)51/h1-26H. The maximum atomic E-state index is 5.62. The van der Waals surface area contributed by atoms with Gasteiger partial charge in [0.1, 0.15) is 4.83 Å². The number of benzene rings is 8. The monoisotopic (exact) mass is 690 g/mol. The molecule has 0 spiro atoms. The molecule has 0 N–H and O–H groups in total. The predicted octanol–water partition coefficient (Wildman–Crippen LogP) is 13.1. The summed E-state index contributed by atoms with van der Waals surface area (Å²) in [6, 6.07) is 57.3. The number of para-hydroxylation sites is 2. The molecule has 4 nitrogen and oxygen atoms in total. The normalized spacial score (nSPS) is 12.5. The molecule has 5 heteroatoms. The summed E-state index contributed by atoms with van der Waals surface area (Å²) in [5, 5.41) is 14.7. The highest BCUT2D eigenvalue weighted by Gasteiger charge is 2.26. The van der Waals surface area contributed by atoms with Crippen LogP contribution in [0.3, 0.4) is 0 Å². The van der Waals surface area contributed by atoms with Crippen LogP contribution < -0.4 is 0 Å². The van der Waals surface area contributed by atoms with E-state index in [4.69, 9.17) is 9.97 Å². The Morgan fingerprint density at radius 1 is 0.415 bits per heavy atom. The predicted molar refractivity (Wildman–Crippen MR) is 224 cm³/mol. The summed E-state index contributed by atoms with van der Waals surface area (Å²) in [4.78, 5) is 12.1. The van der Waals surface area contributed by atoms with Gasteiger partial charge in [-0.1, -0.05) is 121 Å². The third-order valence-electron chi connectivity index (χ3n) is 11.4. The molecule has 0 fully saturated rings. The molecule has 8 aromatic carbocycles. The molecule has 0 amide bonds. The van der Waals surface area contributed by atoms with Crippen LogP contribution in [-0.4, -0.2) is 18.9 Å². The zero-order chi connectivity index (χ0) is 34.4. The molecule has 0 atom stereocenters. The number of aromatic nitrogens is 4. The van der Waals surface area contributed by atoms with Gasteiger partial charge in [-0.15, -0.1) is 11.3 Å². The first-order chi connectivity index (χ1) is 26.3. The third kappa shape index (κ3) is 3.54. The minimum atomic E-state index is 0.684. The number of hydrogen-bond donors (Lipinski definition) is 0. The Bertz CT molecular complexity index is 3700. The van der Waals surface area contributed by atoms with Gasteiger partial charge < -0.3 is 4.40 Å². The maximum Gasteiger partial charge on any atom is 0.236 e. The van der Waals surface area contributed by atoms with E-state index in [1.807, 2.05) is 0 Å². The summed E-state index contributed by atoms with van der Waals surface area (Å²) >= 11 is 1.74. The van der Waals surface area contributed by atoms with Crippen molar-refractivity contribution in [3.05, 3.63) is 158 Å². The summed E-state index contributed by atoms with van der Waals surface area (Å²) in [5.41, 5.74) is 7.98. The number of hydrogen-bond acceptors (Lipinski definition) is 3. The molecule has 5 heterocycles. The molecule has 0 radical (unpaired) electrons. The van der Waals surface area contributed by atoms with Gasteiger partial charge in [0.05, 0.1) is 33.3 Å². The Morgan fingerprint density at radius 2 is 1.09 bits per heavy atom. The molecule has 5 aromatic heterocycles. The molecule has 13 aromatic rings. The Kier molecular flexibility index (Phi) is 5.22. The summed E-state index contributed by atoms with van der Waals surface area (Å²) in [6.45, 7) is 0. The highest BCUT2D eigenvalue weighted by Crippen LogP contribution is 2.48. The fourth-order valence-electron chi connectivity index (χ4n) is 9.25. The minimum Gasteiger partial charge on any atom is -0.308 e. The van der Waals surface area contributed by atoms with Crippen LogP contribution in [0.15, 0.2) is 158 Å². The first-order valence-electron chi connectivity index (χ1n) is 18.0. The molecule has 13 rings (SSSR count). The second kappa shape index (κ2) is 9.94. The van der Waals surface area contributed by atoms with Crippen LogP contribution in [0.1, 0.15) is 0 Å². The Hall–Kier alpha value is -6.82. The van der Waals surface area contributed by atoms with Gasteiger partial charge in [-0.25, -0.2) is 9.97 Å². The fraction of sp³-hybridized carbons (Fsp3) is 0. The van der Waals surface area contributed by atoms with Crippen molar-refractivity contribution in [3.8, 4) is 17.2 Å². The van der Waals surface area contributed by atoms with E-state index < -0.39 is 0 Å². The minimum absolute atomic E-state index is 0.684. The number of rotatable bonds is 2. The highest BCUT2D eigenvalue weighted by atomic mass is 32.1. The molecular formula is C48H26N4S. The first kappa shape index (κ1) is 27.8. The summed E-state index contributed by atoms with van der Waals surface area (Å²) < 4.78 is 6.03.